The van der Waals surface area contributed by atoms with Gasteiger partial charge in [0.2, 0.25) is 5.82 Å². The van der Waals surface area contributed by atoms with Gasteiger partial charge in [0.25, 0.3) is 5.89 Å². The lowest BCUT2D eigenvalue weighted by atomic mass is 10.0. The number of aromatic nitrogens is 5. The molecule has 3 aromatic rings. The zero-order valence-corrected chi connectivity index (χ0v) is 10.0. The molecule has 2 heterocycles. The molecule has 0 unspecified atom stereocenters. The Morgan fingerprint density at radius 2 is 2.11 bits per heavy atom. The predicted octanol–water partition coefficient (Wildman–Crippen LogP) is 2.14. The SMILES string of the molecule is Cc1cccc(-c2nc(-c3ncn[nH]3)no2)c1C. The molecule has 6 nitrogen and oxygen atoms in total. The monoisotopic (exact) mass is 241 g/mol. The highest BCUT2D eigenvalue weighted by atomic mass is 16.5. The first-order chi connectivity index (χ1) is 8.75. The average Bonchev–Trinajstić information content (AvgIpc) is 3.01. The maximum Gasteiger partial charge on any atom is 0.258 e. The Balaban J connectivity index is 2.06. The van der Waals surface area contributed by atoms with Gasteiger partial charge in [-0.15, -0.1) is 0 Å². The summed E-state index contributed by atoms with van der Waals surface area (Å²) in [5.41, 5.74) is 3.26. The van der Waals surface area contributed by atoms with Crippen LogP contribution >= 0.6 is 0 Å². The lowest BCUT2D eigenvalue weighted by molar-refractivity contribution is 0.431. The molecule has 0 aliphatic heterocycles. The Hall–Kier alpha value is -2.50. The minimum Gasteiger partial charge on any atom is -0.333 e. The second-order valence-electron chi connectivity index (χ2n) is 4.00. The third kappa shape index (κ3) is 1.67. The van der Waals surface area contributed by atoms with Crippen LogP contribution in [0.3, 0.4) is 0 Å². The molecular formula is C12H11N5O. The van der Waals surface area contributed by atoms with Crippen molar-refractivity contribution in [1.82, 2.24) is 25.3 Å². The quantitative estimate of drug-likeness (QED) is 0.743. The van der Waals surface area contributed by atoms with E-state index in [0.29, 0.717) is 17.5 Å². The Bertz CT molecular complexity index is 672. The van der Waals surface area contributed by atoms with Gasteiger partial charge in [-0.25, -0.2) is 4.98 Å². The topological polar surface area (TPSA) is 80.5 Å². The smallest absolute Gasteiger partial charge is 0.258 e. The van der Waals surface area contributed by atoms with Crippen molar-refractivity contribution >= 4 is 0 Å². The van der Waals surface area contributed by atoms with E-state index in [4.69, 9.17) is 4.52 Å². The summed E-state index contributed by atoms with van der Waals surface area (Å²) in [6, 6.07) is 5.97. The number of H-pyrrole nitrogens is 1. The van der Waals surface area contributed by atoms with Crippen LogP contribution in [0.25, 0.3) is 23.1 Å². The van der Waals surface area contributed by atoms with E-state index in [0.717, 1.165) is 11.1 Å². The van der Waals surface area contributed by atoms with Gasteiger partial charge in [0.05, 0.1) is 0 Å². The van der Waals surface area contributed by atoms with Crippen molar-refractivity contribution in [3.05, 3.63) is 35.7 Å². The number of aryl methyl sites for hydroxylation is 1. The van der Waals surface area contributed by atoms with E-state index in [1.54, 1.807) is 0 Å². The minimum atomic E-state index is 0.406. The van der Waals surface area contributed by atoms with Crippen LogP contribution in [0.5, 0.6) is 0 Å². The Morgan fingerprint density at radius 3 is 2.89 bits per heavy atom. The van der Waals surface area contributed by atoms with Crippen LogP contribution in [0, 0.1) is 13.8 Å². The van der Waals surface area contributed by atoms with Crippen LogP contribution in [-0.2, 0) is 0 Å². The maximum absolute atomic E-state index is 5.26. The second-order valence-corrected chi connectivity index (χ2v) is 4.00. The molecule has 3 rings (SSSR count). The maximum atomic E-state index is 5.26. The van der Waals surface area contributed by atoms with Gasteiger partial charge in [-0.2, -0.15) is 10.1 Å². The molecule has 0 bridgehead atoms. The molecule has 0 saturated heterocycles. The second kappa shape index (κ2) is 4.06. The summed E-state index contributed by atoms with van der Waals surface area (Å²) in [5.74, 6) is 1.39. The summed E-state index contributed by atoms with van der Waals surface area (Å²) in [7, 11) is 0. The van der Waals surface area contributed by atoms with Crippen molar-refractivity contribution in [3.63, 3.8) is 0 Å². The molecule has 0 radical (unpaired) electrons. The van der Waals surface area contributed by atoms with Gasteiger partial charge in [0.1, 0.15) is 6.33 Å². The van der Waals surface area contributed by atoms with Crippen molar-refractivity contribution in [3.8, 4) is 23.1 Å². The molecule has 0 fully saturated rings. The highest BCUT2D eigenvalue weighted by Crippen LogP contribution is 2.25. The predicted molar refractivity (Wildman–Crippen MR) is 64.6 cm³/mol. The van der Waals surface area contributed by atoms with E-state index in [-0.39, 0.29) is 0 Å². The molecule has 0 aliphatic carbocycles. The summed E-state index contributed by atoms with van der Waals surface area (Å²) in [4.78, 5) is 8.30. The fraction of sp³-hybridized carbons (Fsp3) is 0.167. The summed E-state index contributed by atoms with van der Waals surface area (Å²) in [6.07, 6.45) is 1.41. The van der Waals surface area contributed by atoms with Gasteiger partial charge in [-0.3, -0.25) is 5.10 Å². The first-order valence-corrected chi connectivity index (χ1v) is 5.52. The van der Waals surface area contributed by atoms with E-state index < -0.39 is 0 Å². The van der Waals surface area contributed by atoms with Crippen molar-refractivity contribution < 1.29 is 4.52 Å². The van der Waals surface area contributed by atoms with Crippen LogP contribution in [0.15, 0.2) is 29.0 Å². The fourth-order valence-corrected chi connectivity index (χ4v) is 1.73. The molecule has 1 N–H and O–H groups in total. The lowest BCUT2D eigenvalue weighted by Crippen LogP contribution is -1.87. The first kappa shape index (κ1) is 10.6. The van der Waals surface area contributed by atoms with Crippen LogP contribution in [0.2, 0.25) is 0 Å². The van der Waals surface area contributed by atoms with E-state index >= 15 is 0 Å². The zero-order valence-electron chi connectivity index (χ0n) is 10.0. The highest BCUT2D eigenvalue weighted by molar-refractivity contribution is 5.61. The Morgan fingerprint density at radius 1 is 1.22 bits per heavy atom. The average molecular weight is 241 g/mol. The van der Waals surface area contributed by atoms with Crippen molar-refractivity contribution in [2.45, 2.75) is 13.8 Å². The highest BCUT2D eigenvalue weighted by Gasteiger charge is 2.14. The van der Waals surface area contributed by atoms with Crippen LogP contribution in [-0.4, -0.2) is 25.3 Å². The zero-order chi connectivity index (χ0) is 12.5. The number of hydrogen-bond donors (Lipinski definition) is 1. The van der Waals surface area contributed by atoms with Crippen molar-refractivity contribution in [2.24, 2.45) is 0 Å². The van der Waals surface area contributed by atoms with E-state index in [1.165, 1.54) is 11.9 Å². The molecule has 0 saturated carbocycles. The molecule has 0 atom stereocenters. The van der Waals surface area contributed by atoms with Gasteiger partial charge in [0.15, 0.2) is 5.82 Å². The van der Waals surface area contributed by atoms with Crippen LogP contribution < -0.4 is 0 Å². The first-order valence-electron chi connectivity index (χ1n) is 5.52. The van der Waals surface area contributed by atoms with E-state index in [2.05, 4.69) is 25.3 Å². The van der Waals surface area contributed by atoms with Gasteiger partial charge in [-0.05, 0) is 31.0 Å². The Labute approximate surface area is 103 Å². The lowest BCUT2D eigenvalue weighted by Gasteiger charge is -2.03. The number of hydrogen-bond acceptors (Lipinski definition) is 5. The molecular weight excluding hydrogens is 230 g/mol. The van der Waals surface area contributed by atoms with Gasteiger partial charge in [-0.1, -0.05) is 17.3 Å². The van der Waals surface area contributed by atoms with Crippen LogP contribution in [0.4, 0.5) is 0 Å². The van der Waals surface area contributed by atoms with Crippen molar-refractivity contribution in [1.29, 1.82) is 0 Å². The van der Waals surface area contributed by atoms with Gasteiger partial charge >= 0.3 is 0 Å². The van der Waals surface area contributed by atoms with Crippen LogP contribution in [0.1, 0.15) is 11.1 Å². The number of aromatic amines is 1. The third-order valence-electron chi connectivity index (χ3n) is 2.89. The largest absolute Gasteiger partial charge is 0.333 e. The summed E-state index contributed by atoms with van der Waals surface area (Å²) >= 11 is 0. The summed E-state index contributed by atoms with van der Waals surface area (Å²) < 4.78 is 5.26. The van der Waals surface area contributed by atoms with Gasteiger partial charge in [0, 0.05) is 5.56 Å². The molecule has 6 heteroatoms. The van der Waals surface area contributed by atoms with E-state index in [1.807, 2.05) is 32.0 Å². The fourth-order valence-electron chi connectivity index (χ4n) is 1.73. The third-order valence-corrected chi connectivity index (χ3v) is 2.89. The molecule has 2 aromatic heterocycles. The number of nitrogens with one attached hydrogen (secondary N) is 1. The Kier molecular flexibility index (Phi) is 2.40. The number of rotatable bonds is 2. The molecule has 0 amide bonds. The number of nitrogens with zero attached hydrogens (tertiary/aromatic N) is 4. The normalized spacial score (nSPS) is 10.8. The van der Waals surface area contributed by atoms with Crippen molar-refractivity contribution in [2.75, 3.05) is 0 Å². The standard InChI is InChI=1S/C12H11N5O/c1-7-4-3-5-9(8(7)2)12-15-11(17-18-12)10-13-6-14-16-10/h3-6H,1-2H3,(H,13,14,16). The molecule has 18 heavy (non-hydrogen) atoms. The number of benzene rings is 1. The minimum absolute atomic E-state index is 0.406. The summed E-state index contributed by atoms with van der Waals surface area (Å²) in [6.45, 7) is 4.08. The molecule has 0 aliphatic rings. The van der Waals surface area contributed by atoms with E-state index in [9.17, 15) is 0 Å². The van der Waals surface area contributed by atoms with Gasteiger partial charge < -0.3 is 4.52 Å². The molecule has 0 spiro atoms. The molecule has 1 aromatic carbocycles. The summed E-state index contributed by atoms with van der Waals surface area (Å²) in [5, 5.41) is 10.3. The molecule has 90 valence electrons.